The third-order valence-electron chi connectivity index (χ3n) is 4.35. The smallest absolute Gasteiger partial charge is 0.0443 e. The van der Waals surface area contributed by atoms with Gasteiger partial charge in [-0.15, -0.1) is 0 Å². The summed E-state index contributed by atoms with van der Waals surface area (Å²) < 4.78 is 0. The summed E-state index contributed by atoms with van der Waals surface area (Å²) in [7, 11) is 0. The molecule has 0 saturated heterocycles. The van der Waals surface area contributed by atoms with Crippen LogP contribution in [0.1, 0.15) is 117 Å². The highest BCUT2D eigenvalue weighted by Crippen LogP contribution is 2.17. The molecule has 0 aliphatic heterocycles. The molecule has 0 amide bonds. The van der Waals surface area contributed by atoms with E-state index in [1.165, 1.54) is 96.3 Å². The molecule has 0 radical (unpaired) electrons. The van der Waals surface area contributed by atoms with Crippen molar-refractivity contribution in [3.63, 3.8) is 0 Å². The Morgan fingerprint density at radius 3 is 1.32 bits per heavy atom. The van der Waals surface area contributed by atoms with Gasteiger partial charge in [0.05, 0.1) is 0 Å². The summed E-state index contributed by atoms with van der Waals surface area (Å²) in [6.07, 6.45) is 21.8. The van der Waals surface area contributed by atoms with E-state index in [-0.39, 0.29) is 0 Å². The Bertz CT molecular complexity index is 150. The van der Waals surface area contributed by atoms with Gasteiger partial charge in [0.1, 0.15) is 0 Å². The summed E-state index contributed by atoms with van der Waals surface area (Å²) in [5.74, 6) is 0.971. The second-order valence-corrected chi connectivity index (χ2v) is 6.57. The normalized spacial score (nSPS) is 12.8. The number of rotatable bonds is 15. The average Bonchev–Trinajstić information content (AvgIpc) is 2.42. The van der Waals surface area contributed by atoms with Gasteiger partial charge in [0.15, 0.2) is 0 Å². The molecule has 0 unspecified atom stereocenters. The lowest BCUT2D eigenvalue weighted by Crippen LogP contribution is -1.94. The first-order valence-electron chi connectivity index (χ1n) is 9.31. The van der Waals surface area contributed by atoms with Crippen molar-refractivity contribution in [3.05, 3.63) is 0 Å². The van der Waals surface area contributed by atoms with Gasteiger partial charge in [0.2, 0.25) is 0 Å². The Hall–Kier alpha value is 0. The van der Waals surface area contributed by atoms with Gasteiger partial charge in [-0.25, -0.2) is 0 Å². The minimum atomic E-state index is 0.971. The van der Waals surface area contributed by atoms with Gasteiger partial charge < -0.3 is 0 Å². The molecule has 0 saturated carbocycles. The van der Waals surface area contributed by atoms with Gasteiger partial charge in [-0.05, 0) is 5.92 Å². The summed E-state index contributed by atoms with van der Waals surface area (Å²) in [5.41, 5.74) is 0. The number of hydrogen-bond acceptors (Lipinski definition) is 0. The highest BCUT2D eigenvalue weighted by Gasteiger charge is 2.00. The van der Waals surface area contributed by atoms with Gasteiger partial charge in [0, 0.05) is 0 Å². The highest BCUT2D eigenvalue weighted by molar-refractivity contribution is 4.54. The van der Waals surface area contributed by atoms with E-state index in [0.29, 0.717) is 0 Å². The molecule has 116 valence electrons. The molecule has 0 N–H and O–H groups in total. The van der Waals surface area contributed by atoms with E-state index >= 15 is 0 Å². The van der Waals surface area contributed by atoms with Crippen molar-refractivity contribution in [2.45, 2.75) is 117 Å². The van der Waals surface area contributed by atoms with Crippen LogP contribution in [-0.4, -0.2) is 0 Å². The van der Waals surface area contributed by atoms with E-state index in [4.69, 9.17) is 0 Å². The molecular formula is C19H40. The molecular weight excluding hydrogens is 228 g/mol. The van der Waals surface area contributed by atoms with Crippen LogP contribution >= 0.6 is 0 Å². The molecule has 0 aliphatic rings. The van der Waals surface area contributed by atoms with Crippen LogP contribution in [-0.2, 0) is 0 Å². The predicted molar refractivity (Wildman–Crippen MR) is 89.8 cm³/mol. The predicted octanol–water partition coefficient (Wildman–Crippen LogP) is 7.51. The Kier molecular flexibility index (Phi) is 16.1. The first kappa shape index (κ1) is 19.0. The van der Waals surface area contributed by atoms with Crippen molar-refractivity contribution in [1.29, 1.82) is 0 Å². The highest BCUT2D eigenvalue weighted by atomic mass is 14.1. The maximum Gasteiger partial charge on any atom is -0.0443 e. The van der Waals surface area contributed by atoms with Crippen molar-refractivity contribution < 1.29 is 0 Å². The van der Waals surface area contributed by atoms with E-state index in [9.17, 15) is 0 Å². The van der Waals surface area contributed by atoms with Crippen molar-refractivity contribution in [2.75, 3.05) is 0 Å². The molecule has 0 rings (SSSR count). The molecule has 0 heteroatoms. The largest absolute Gasteiger partial charge is 0.0654 e. The van der Waals surface area contributed by atoms with Crippen molar-refractivity contribution in [2.24, 2.45) is 5.92 Å². The third-order valence-corrected chi connectivity index (χ3v) is 4.35. The van der Waals surface area contributed by atoms with Crippen LogP contribution in [0.4, 0.5) is 0 Å². The molecule has 19 heavy (non-hydrogen) atoms. The quantitative estimate of drug-likeness (QED) is 0.269. The van der Waals surface area contributed by atoms with Crippen LogP contribution in [0.3, 0.4) is 0 Å². The molecule has 0 bridgehead atoms. The van der Waals surface area contributed by atoms with Gasteiger partial charge in [-0.3, -0.25) is 0 Å². The summed E-state index contributed by atoms with van der Waals surface area (Å²) in [5, 5.41) is 0. The molecule has 0 aromatic heterocycles. The van der Waals surface area contributed by atoms with Crippen LogP contribution in [0.2, 0.25) is 0 Å². The Morgan fingerprint density at radius 1 is 0.474 bits per heavy atom. The summed E-state index contributed by atoms with van der Waals surface area (Å²) in [6.45, 7) is 7.03. The second kappa shape index (κ2) is 16.1. The minimum absolute atomic E-state index is 0.971. The third kappa shape index (κ3) is 15.9. The molecule has 0 aliphatic carbocycles. The van der Waals surface area contributed by atoms with Crippen molar-refractivity contribution >= 4 is 0 Å². The zero-order valence-electron chi connectivity index (χ0n) is 14.2. The summed E-state index contributed by atoms with van der Waals surface area (Å²) in [4.78, 5) is 0. The SMILES string of the molecule is CCCCCCCCCCCCC[C@@H](C)CCCC. The van der Waals surface area contributed by atoms with Crippen LogP contribution < -0.4 is 0 Å². The first-order valence-corrected chi connectivity index (χ1v) is 9.31. The van der Waals surface area contributed by atoms with Gasteiger partial charge in [-0.1, -0.05) is 117 Å². The van der Waals surface area contributed by atoms with E-state index in [1.807, 2.05) is 0 Å². The van der Waals surface area contributed by atoms with Crippen LogP contribution in [0.15, 0.2) is 0 Å². The van der Waals surface area contributed by atoms with E-state index in [0.717, 1.165) is 5.92 Å². The second-order valence-electron chi connectivity index (χ2n) is 6.57. The first-order chi connectivity index (χ1) is 9.31. The van der Waals surface area contributed by atoms with Gasteiger partial charge >= 0.3 is 0 Å². The zero-order valence-corrected chi connectivity index (χ0v) is 14.2. The molecule has 1 atom stereocenters. The maximum atomic E-state index is 2.44. The zero-order chi connectivity index (χ0) is 14.2. The lowest BCUT2D eigenvalue weighted by Gasteiger charge is -2.10. The van der Waals surface area contributed by atoms with Gasteiger partial charge in [-0.2, -0.15) is 0 Å². The van der Waals surface area contributed by atoms with E-state index in [2.05, 4.69) is 20.8 Å². The summed E-state index contributed by atoms with van der Waals surface area (Å²) in [6, 6.07) is 0. The lowest BCUT2D eigenvalue weighted by molar-refractivity contribution is 0.440. The van der Waals surface area contributed by atoms with E-state index in [1.54, 1.807) is 0 Å². The topological polar surface area (TPSA) is 0 Å². The molecule has 0 spiro atoms. The standard InChI is InChI=1S/C19H40/c1-4-6-8-9-10-11-12-13-14-15-16-18-19(3)17-7-5-2/h19H,4-18H2,1-3H3/t19-/m0/s1. The molecule has 0 fully saturated rings. The fraction of sp³-hybridized carbons (Fsp3) is 1.00. The lowest BCUT2D eigenvalue weighted by atomic mass is 9.97. The van der Waals surface area contributed by atoms with Crippen LogP contribution in [0, 0.1) is 5.92 Å². The average molecular weight is 269 g/mol. The Balaban J connectivity index is 3.02. The Morgan fingerprint density at radius 2 is 0.842 bits per heavy atom. The minimum Gasteiger partial charge on any atom is -0.0654 e. The fourth-order valence-corrected chi connectivity index (χ4v) is 2.85. The van der Waals surface area contributed by atoms with Crippen molar-refractivity contribution in [1.82, 2.24) is 0 Å². The molecule has 0 aromatic carbocycles. The molecule has 0 nitrogen and oxygen atoms in total. The summed E-state index contributed by atoms with van der Waals surface area (Å²) >= 11 is 0. The van der Waals surface area contributed by atoms with Gasteiger partial charge in [0.25, 0.3) is 0 Å². The fourth-order valence-electron chi connectivity index (χ4n) is 2.85. The maximum absolute atomic E-state index is 2.44. The molecule has 0 heterocycles. The Labute approximate surface area is 123 Å². The van der Waals surface area contributed by atoms with Crippen LogP contribution in [0.5, 0.6) is 0 Å². The molecule has 0 aromatic rings. The number of unbranched alkanes of at least 4 members (excludes halogenated alkanes) is 11. The van der Waals surface area contributed by atoms with E-state index < -0.39 is 0 Å². The van der Waals surface area contributed by atoms with Crippen molar-refractivity contribution in [3.8, 4) is 0 Å². The number of hydrogen-bond donors (Lipinski definition) is 0. The van der Waals surface area contributed by atoms with Crippen LogP contribution in [0.25, 0.3) is 0 Å². The monoisotopic (exact) mass is 268 g/mol.